The van der Waals surface area contributed by atoms with Crippen LogP contribution in [0.1, 0.15) is 24.0 Å². The summed E-state index contributed by atoms with van der Waals surface area (Å²) in [5.41, 5.74) is 3.52. The van der Waals surface area contributed by atoms with Crippen molar-refractivity contribution in [2.24, 2.45) is 0 Å². The van der Waals surface area contributed by atoms with Crippen LogP contribution in [-0.4, -0.2) is 27.1 Å². The zero-order valence-electron chi connectivity index (χ0n) is 14.8. The Morgan fingerprint density at radius 2 is 1.72 bits per heavy atom. The van der Waals surface area contributed by atoms with Crippen molar-refractivity contribution in [2.75, 3.05) is 22.4 Å². The number of rotatable bonds is 7. The van der Waals surface area contributed by atoms with Gasteiger partial charge in [-0.1, -0.05) is 24.3 Å². The van der Waals surface area contributed by atoms with Crippen molar-refractivity contribution in [1.29, 1.82) is 0 Å². The first kappa shape index (κ1) is 19.0. The standard InChI is InChI=1S/C19H24N2O3S/c1-15-11-12-18(14-16(15)2)21(25(3,23)24)13-7-10-19(22)20-17-8-5-4-6-9-17/h4-6,8-9,11-12,14H,7,10,13H2,1-3H3,(H,20,22). The van der Waals surface area contributed by atoms with Crippen LogP contribution in [-0.2, 0) is 14.8 Å². The van der Waals surface area contributed by atoms with Crippen molar-refractivity contribution >= 4 is 27.3 Å². The third kappa shape index (κ3) is 5.60. The van der Waals surface area contributed by atoms with Gasteiger partial charge in [-0.05, 0) is 55.7 Å². The third-order valence-corrected chi connectivity index (χ3v) is 5.20. The molecule has 0 fully saturated rings. The number of aryl methyl sites for hydroxylation is 2. The number of carbonyl (C=O) groups is 1. The van der Waals surface area contributed by atoms with Crippen molar-refractivity contribution in [3.05, 3.63) is 59.7 Å². The molecule has 2 aromatic rings. The highest BCUT2D eigenvalue weighted by Gasteiger charge is 2.18. The molecule has 0 saturated heterocycles. The normalized spacial score (nSPS) is 11.2. The lowest BCUT2D eigenvalue weighted by Crippen LogP contribution is -2.31. The van der Waals surface area contributed by atoms with Crippen LogP contribution in [0.2, 0.25) is 0 Å². The van der Waals surface area contributed by atoms with Gasteiger partial charge in [0.05, 0.1) is 11.9 Å². The zero-order valence-corrected chi connectivity index (χ0v) is 15.6. The average Bonchev–Trinajstić information content (AvgIpc) is 2.54. The van der Waals surface area contributed by atoms with E-state index in [1.807, 2.05) is 56.3 Å². The number of nitrogens with one attached hydrogen (secondary N) is 1. The highest BCUT2D eigenvalue weighted by atomic mass is 32.2. The summed E-state index contributed by atoms with van der Waals surface area (Å²) in [6.45, 7) is 4.20. The first-order valence-electron chi connectivity index (χ1n) is 8.17. The van der Waals surface area contributed by atoms with Crippen LogP contribution in [0.4, 0.5) is 11.4 Å². The van der Waals surface area contributed by atoms with E-state index >= 15 is 0 Å². The minimum atomic E-state index is -3.40. The fourth-order valence-electron chi connectivity index (χ4n) is 2.50. The quantitative estimate of drug-likeness (QED) is 0.822. The van der Waals surface area contributed by atoms with E-state index in [0.29, 0.717) is 12.1 Å². The van der Waals surface area contributed by atoms with Gasteiger partial charge in [0.15, 0.2) is 0 Å². The summed E-state index contributed by atoms with van der Waals surface area (Å²) in [6.07, 6.45) is 1.89. The topological polar surface area (TPSA) is 66.5 Å². The number of hydrogen-bond acceptors (Lipinski definition) is 3. The largest absolute Gasteiger partial charge is 0.326 e. The summed E-state index contributed by atoms with van der Waals surface area (Å²) >= 11 is 0. The van der Waals surface area contributed by atoms with E-state index < -0.39 is 10.0 Å². The molecule has 0 atom stereocenters. The molecule has 0 spiro atoms. The van der Waals surface area contributed by atoms with Gasteiger partial charge in [-0.15, -0.1) is 0 Å². The van der Waals surface area contributed by atoms with Gasteiger partial charge < -0.3 is 5.32 Å². The van der Waals surface area contributed by atoms with E-state index in [1.54, 1.807) is 6.07 Å². The van der Waals surface area contributed by atoms with E-state index in [-0.39, 0.29) is 18.9 Å². The summed E-state index contributed by atoms with van der Waals surface area (Å²) in [5, 5.41) is 2.80. The summed E-state index contributed by atoms with van der Waals surface area (Å²) in [6, 6.07) is 14.8. The van der Waals surface area contributed by atoms with Crippen molar-refractivity contribution in [2.45, 2.75) is 26.7 Å². The van der Waals surface area contributed by atoms with Crippen LogP contribution in [0, 0.1) is 13.8 Å². The Bertz CT molecular complexity index is 833. The molecule has 0 saturated carbocycles. The van der Waals surface area contributed by atoms with E-state index in [4.69, 9.17) is 0 Å². The van der Waals surface area contributed by atoms with Crippen LogP contribution in [0.5, 0.6) is 0 Å². The molecule has 134 valence electrons. The molecule has 2 aromatic carbocycles. The average molecular weight is 360 g/mol. The number of sulfonamides is 1. The second-order valence-corrected chi connectivity index (χ2v) is 8.03. The molecular formula is C19H24N2O3S. The number of benzene rings is 2. The molecule has 1 N–H and O–H groups in total. The van der Waals surface area contributed by atoms with Gasteiger partial charge >= 0.3 is 0 Å². The fraction of sp³-hybridized carbons (Fsp3) is 0.316. The van der Waals surface area contributed by atoms with E-state index in [1.165, 1.54) is 10.6 Å². The number of carbonyl (C=O) groups excluding carboxylic acids is 1. The highest BCUT2D eigenvalue weighted by molar-refractivity contribution is 7.92. The summed E-state index contributed by atoms with van der Waals surface area (Å²) in [7, 11) is -3.40. The predicted molar refractivity (Wildman–Crippen MR) is 102 cm³/mol. The molecule has 0 aliphatic carbocycles. The number of para-hydroxylation sites is 1. The number of nitrogens with zero attached hydrogens (tertiary/aromatic N) is 1. The van der Waals surface area contributed by atoms with Gasteiger partial charge in [0, 0.05) is 18.7 Å². The molecule has 0 aromatic heterocycles. The Morgan fingerprint density at radius 3 is 2.32 bits per heavy atom. The Kier molecular flexibility index (Phi) is 6.20. The van der Waals surface area contributed by atoms with Crippen LogP contribution in [0.25, 0.3) is 0 Å². The SMILES string of the molecule is Cc1ccc(N(CCCC(=O)Nc2ccccc2)S(C)(=O)=O)cc1C. The molecule has 0 unspecified atom stereocenters. The minimum absolute atomic E-state index is 0.125. The second-order valence-electron chi connectivity index (χ2n) is 6.12. The lowest BCUT2D eigenvalue weighted by atomic mass is 10.1. The Balaban J connectivity index is 1.99. The maximum absolute atomic E-state index is 12.1. The maximum atomic E-state index is 12.1. The van der Waals surface area contributed by atoms with Crippen molar-refractivity contribution in [3.8, 4) is 0 Å². The molecule has 0 radical (unpaired) electrons. The molecule has 2 rings (SSSR count). The van der Waals surface area contributed by atoms with Crippen LogP contribution >= 0.6 is 0 Å². The van der Waals surface area contributed by atoms with Crippen molar-refractivity contribution in [1.82, 2.24) is 0 Å². The fourth-order valence-corrected chi connectivity index (χ4v) is 3.45. The van der Waals surface area contributed by atoms with E-state index in [0.717, 1.165) is 16.8 Å². The van der Waals surface area contributed by atoms with Gasteiger partial charge in [0.25, 0.3) is 0 Å². The van der Waals surface area contributed by atoms with Gasteiger partial charge in [-0.25, -0.2) is 8.42 Å². The summed E-state index contributed by atoms with van der Waals surface area (Å²) in [4.78, 5) is 12.0. The molecule has 5 nitrogen and oxygen atoms in total. The van der Waals surface area contributed by atoms with Crippen LogP contribution in [0.3, 0.4) is 0 Å². The third-order valence-electron chi connectivity index (χ3n) is 4.00. The lowest BCUT2D eigenvalue weighted by molar-refractivity contribution is -0.116. The monoisotopic (exact) mass is 360 g/mol. The molecule has 0 bridgehead atoms. The second kappa shape index (κ2) is 8.16. The smallest absolute Gasteiger partial charge is 0.232 e. The number of hydrogen-bond donors (Lipinski definition) is 1. The van der Waals surface area contributed by atoms with Crippen LogP contribution in [0.15, 0.2) is 48.5 Å². The molecule has 0 aliphatic heterocycles. The van der Waals surface area contributed by atoms with E-state index in [9.17, 15) is 13.2 Å². The first-order chi connectivity index (χ1) is 11.8. The highest BCUT2D eigenvalue weighted by Crippen LogP contribution is 2.21. The summed E-state index contributed by atoms with van der Waals surface area (Å²) < 4.78 is 25.6. The molecule has 6 heteroatoms. The molecular weight excluding hydrogens is 336 g/mol. The Hall–Kier alpha value is -2.34. The molecule has 1 amide bonds. The van der Waals surface area contributed by atoms with Crippen molar-refractivity contribution in [3.63, 3.8) is 0 Å². The number of amides is 1. The number of anilines is 2. The van der Waals surface area contributed by atoms with Gasteiger partial charge in [-0.3, -0.25) is 9.10 Å². The van der Waals surface area contributed by atoms with Gasteiger partial charge in [0.1, 0.15) is 0 Å². The van der Waals surface area contributed by atoms with Gasteiger partial charge in [0.2, 0.25) is 15.9 Å². The first-order valence-corrected chi connectivity index (χ1v) is 10.0. The van der Waals surface area contributed by atoms with Crippen LogP contribution < -0.4 is 9.62 Å². The molecule has 0 aliphatic rings. The Labute approximate surface area is 149 Å². The molecule has 25 heavy (non-hydrogen) atoms. The van der Waals surface area contributed by atoms with E-state index in [2.05, 4.69) is 5.32 Å². The van der Waals surface area contributed by atoms with Gasteiger partial charge in [-0.2, -0.15) is 0 Å². The van der Waals surface area contributed by atoms with Crippen molar-refractivity contribution < 1.29 is 13.2 Å². The summed E-state index contributed by atoms with van der Waals surface area (Å²) in [5.74, 6) is -0.125. The maximum Gasteiger partial charge on any atom is 0.232 e. The lowest BCUT2D eigenvalue weighted by Gasteiger charge is -2.23. The predicted octanol–water partition coefficient (Wildman–Crippen LogP) is 3.49. The molecule has 0 heterocycles. The Morgan fingerprint density at radius 1 is 1.04 bits per heavy atom. The zero-order chi connectivity index (χ0) is 18.4. The minimum Gasteiger partial charge on any atom is -0.326 e.